The van der Waals surface area contributed by atoms with Crippen LogP contribution in [0, 0.1) is 0 Å². The van der Waals surface area contributed by atoms with Gasteiger partial charge in [0, 0.05) is 30.0 Å². The molecule has 2 heterocycles. The van der Waals surface area contributed by atoms with Gasteiger partial charge < -0.3 is 10.2 Å². The van der Waals surface area contributed by atoms with Crippen LogP contribution in [0.15, 0.2) is 36.5 Å². The molecule has 0 radical (unpaired) electrons. The lowest BCUT2D eigenvalue weighted by Gasteiger charge is -2.26. The number of nitrogens with zero attached hydrogens (tertiary/aromatic N) is 3. The van der Waals surface area contributed by atoms with Crippen LogP contribution in [0.4, 0.5) is 11.6 Å². The fourth-order valence-corrected chi connectivity index (χ4v) is 2.58. The van der Waals surface area contributed by atoms with E-state index in [1.54, 1.807) is 36.5 Å². The lowest BCUT2D eigenvalue weighted by atomic mass is 10.1. The Morgan fingerprint density at radius 3 is 2.55 bits per heavy atom. The molecular weight excluding hydrogens is 300 g/mol. The molecule has 0 spiro atoms. The molecule has 0 bridgehead atoms. The predicted octanol–water partition coefficient (Wildman–Crippen LogP) is 3.37. The minimum atomic E-state index is -0.247. The van der Waals surface area contributed by atoms with Crippen LogP contribution >= 0.6 is 11.6 Å². The number of rotatable bonds is 3. The maximum Gasteiger partial charge on any atom is 0.274 e. The largest absolute Gasteiger partial charge is 0.341 e. The third kappa shape index (κ3) is 3.54. The molecular formula is C16H17ClN4O. The van der Waals surface area contributed by atoms with Gasteiger partial charge in [0.1, 0.15) is 5.69 Å². The fourth-order valence-electron chi connectivity index (χ4n) is 2.45. The van der Waals surface area contributed by atoms with E-state index in [9.17, 15) is 4.79 Å². The first-order valence-corrected chi connectivity index (χ1v) is 7.75. The van der Waals surface area contributed by atoms with E-state index < -0.39 is 0 Å². The van der Waals surface area contributed by atoms with Gasteiger partial charge in [-0.15, -0.1) is 0 Å². The van der Waals surface area contributed by atoms with Crippen LogP contribution in [0.3, 0.4) is 0 Å². The van der Waals surface area contributed by atoms with Crippen LogP contribution < -0.4 is 10.2 Å². The number of carbonyl (C=O) groups is 1. The Balaban J connectivity index is 1.73. The molecule has 1 saturated heterocycles. The Bertz CT molecular complexity index is 653. The van der Waals surface area contributed by atoms with Crippen LogP contribution in [0.5, 0.6) is 0 Å². The van der Waals surface area contributed by atoms with Gasteiger partial charge in [0.2, 0.25) is 5.95 Å². The smallest absolute Gasteiger partial charge is 0.274 e. The third-order valence-electron chi connectivity index (χ3n) is 3.62. The Morgan fingerprint density at radius 2 is 1.82 bits per heavy atom. The van der Waals surface area contributed by atoms with Crippen LogP contribution in [0.2, 0.25) is 5.02 Å². The number of nitrogens with one attached hydrogen (secondary N) is 1. The Morgan fingerprint density at radius 1 is 1.09 bits per heavy atom. The third-order valence-corrected chi connectivity index (χ3v) is 3.87. The summed E-state index contributed by atoms with van der Waals surface area (Å²) in [6.07, 6.45) is 5.16. The van der Waals surface area contributed by atoms with Crippen LogP contribution in [-0.2, 0) is 0 Å². The molecule has 0 atom stereocenters. The first kappa shape index (κ1) is 14.8. The molecule has 6 heteroatoms. The number of carbonyl (C=O) groups excluding carboxylic acids is 1. The summed E-state index contributed by atoms with van der Waals surface area (Å²) >= 11 is 5.83. The summed E-state index contributed by atoms with van der Waals surface area (Å²) in [5, 5.41) is 3.44. The number of anilines is 2. The van der Waals surface area contributed by atoms with Gasteiger partial charge in [0.15, 0.2) is 0 Å². The molecule has 1 aromatic heterocycles. The van der Waals surface area contributed by atoms with E-state index in [4.69, 9.17) is 11.6 Å². The normalized spacial score (nSPS) is 14.7. The highest BCUT2D eigenvalue weighted by molar-refractivity contribution is 6.30. The van der Waals surface area contributed by atoms with Gasteiger partial charge >= 0.3 is 0 Å². The quantitative estimate of drug-likeness (QED) is 0.943. The van der Waals surface area contributed by atoms with E-state index in [1.807, 2.05) is 0 Å². The second-order valence-electron chi connectivity index (χ2n) is 5.25. The van der Waals surface area contributed by atoms with Crippen molar-refractivity contribution in [2.24, 2.45) is 0 Å². The number of piperidine rings is 1. The first-order valence-electron chi connectivity index (χ1n) is 7.37. The predicted molar refractivity (Wildman–Crippen MR) is 87.5 cm³/mol. The Labute approximate surface area is 134 Å². The molecule has 5 nitrogen and oxygen atoms in total. The van der Waals surface area contributed by atoms with Gasteiger partial charge in [-0.05, 0) is 49.6 Å². The van der Waals surface area contributed by atoms with Gasteiger partial charge in [-0.1, -0.05) is 11.6 Å². The highest BCUT2D eigenvalue weighted by Crippen LogP contribution is 2.17. The first-order chi connectivity index (χ1) is 10.7. The minimum Gasteiger partial charge on any atom is -0.341 e. The summed E-state index contributed by atoms with van der Waals surface area (Å²) < 4.78 is 0. The van der Waals surface area contributed by atoms with E-state index in [-0.39, 0.29) is 5.91 Å². The molecule has 1 aromatic carbocycles. The molecule has 22 heavy (non-hydrogen) atoms. The topological polar surface area (TPSA) is 58.1 Å². The van der Waals surface area contributed by atoms with Gasteiger partial charge in [0.05, 0.1) is 0 Å². The van der Waals surface area contributed by atoms with E-state index in [1.165, 1.54) is 6.42 Å². The zero-order valence-corrected chi connectivity index (χ0v) is 12.9. The van der Waals surface area contributed by atoms with Crippen LogP contribution in [-0.4, -0.2) is 29.0 Å². The molecule has 1 aliphatic rings. The highest BCUT2D eigenvalue weighted by atomic mass is 35.5. The molecule has 0 saturated carbocycles. The molecule has 114 valence electrons. The van der Waals surface area contributed by atoms with Crippen molar-refractivity contribution in [3.63, 3.8) is 0 Å². The molecule has 2 aromatic rings. The molecule has 0 unspecified atom stereocenters. The number of amides is 1. The average Bonchev–Trinajstić information content (AvgIpc) is 2.58. The Kier molecular flexibility index (Phi) is 4.53. The van der Waals surface area contributed by atoms with Crippen molar-refractivity contribution in [2.45, 2.75) is 19.3 Å². The van der Waals surface area contributed by atoms with Crippen molar-refractivity contribution >= 4 is 29.1 Å². The summed E-state index contributed by atoms with van der Waals surface area (Å²) in [5.41, 5.74) is 1.05. The number of aromatic nitrogens is 2. The van der Waals surface area contributed by atoms with Crippen molar-refractivity contribution in [1.29, 1.82) is 0 Å². The number of halogens is 1. The average molecular weight is 317 g/mol. The highest BCUT2D eigenvalue weighted by Gasteiger charge is 2.15. The van der Waals surface area contributed by atoms with Gasteiger partial charge in [-0.2, -0.15) is 0 Å². The lowest BCUT2D eigenvalue weighted by molar-refractivity contribution is 0.102. The molecule has 1 N–H and O–H groups in total. The second-order valence-corrected chi connectivity index (χ2v) is 5.69. The maximum atomic E-state index is 12.3. The zero-order chi connectivity index (χ0) is 15.4. The van der Waals surface area contributed by atoms with E-state index in [0.29, 0.717) is 22.4 Å². The monoisotopic (exact) mass is 316 g/mol. The number of benzene rings is 1. The summed E-state index contributed by atoms with van der Waals surface area (Å²) in [5.74, 6) is 0.381. The maximum absolute atomic E-state index is 12.3. The van der Waals surface area contributed by atoms with Crippen LogP contribution in [0.1, 0.15) is 29.8 Å². The van der Waals surface area contributed by atoms with Crippen molar-refractivity contribution < 1.29 is 4.79 Å². The summed E-state index contributed by atoms with van der Waals surface area (Å²) in [4.78, 5) is 23.1. The van der Waals surface area contributed by atoms with Gasteiger partial charge in [0.25, 0.3) is 5.91 Å². The number of hydrogen-bond donors (Lipinski definition) is 1. The second kappa shape index (κ2) is 6.75. The van der Waals surface area contributed by atoms with Crippen molar-refractivity contribution in [3.05, 3.63) is 47.2 Å². The SMILES string of the molecule is O=C(Nc1ccc(Cl)cc1)c1ccnc(N2CCCCC2)n1. The summed E-state index contributed by atoms with van der Waals surface area (Å²) in [6, 6.07) is 8.60. The zero-order valence-electron chi connectivity index (χ0n) is 12.1. The molecule has 0 aliphatic carbocycles. The summed E-state index contributed by atoms with van der Waals surface area (Å²) in [7, 11) is 0. The van der Waals surface area contributed by atoms with Crippen molar-refractivity contribution in [3.8, 4) is 0 Å². The summed E-state index contributed by atoms with van der Waals surface area (Å²) in [6.45, 7) is 1.89. The minimum absolute atomic E-state index is 0.247. The fraction of sp³-hybridized carbons (Fsp3) is 0.312. The molecule has 1 fully saturated rings. The van der Waals surface area contributed by atoms with Gasteiger partial charge in [-0.3, -0.25) is 4.79 Å². The Hall–Kier alpha value is -2.14. The molecule has 3 rings (SSSR count). The van der Waals surface area contributed by atoms with Crippen molar-refractivity contribution in [2.75, 3.05) is 23.3 Å². The lowest BCUT2D eigenvalue weighted by Crippen LogP contribution is -2.31. The van der Waals surface area contributed by atoms with Crippen LogP contribution in [0.25, 0.3) is 0 Å². The molecule has 1 amide bonds. The van der Waals surface area contributed by atoms with E-state index in [0.717, 1.165) is 25.9 Å². The van der Waals surface area contributed by atoms with E-state index in [2.05, 4.69) is 20.2 Å². The van der Waals surface area contributed by atoms with E-state index >= 15 is 0 Å². The number of hydrogen-bond acceptors (Lipinski definition) is 4. The van der Waals surface area contributed by atoms with Crippen molar-refractivity contribution in [1.82, 2.24) is 9.97 Å². The standard InChI is InChI=1S/C16H17ClN4O/c17-12-4-6-13(7-5-12)19-15(22)14-8-9-18-16(20-14)21-10-2-1-3-11-21/h4-9H,1-3,10-11H2,(H,19,22). The molecule has 1 aliphatic heterocycles. The van der Waals surface area contributed by atoms with Gasteiger partial charge in [-0.25, -0.2) is 9.97 Å².